The lowest BCUT2D eigenvalue weighted by Crippen LogP contribution is -1.98. The van der Waals surface area contributed by atoms with Gasteiger partial charge in [-0.15, -0.1) is 0 Å². The molecule has 0 aliphatic heterocycles. The summed E-state index contributed by atoms with van der Waals surface area (Å²) in [5.74, 6) is 0.496. The molecule has 0 N–H and O–H groups in total. The molecule has 0 radical (unpaired) electrons. The minimum Gasteiger partial charge on any atom is -0.360 e. The van der Waals surface area contributed by atoms with Crippen LogP contribution in [0.15, 0.2) is 34.9 Å². The summed E-state index contributed by atoms with van der Waals surface area (Å²) in [5.41, 5.74) is 2.85. The summed E-state index contributed by atoms with van der Waals surface area (Å²) < 4.78 is 28.2. The number of rotatable bonds is 7. The first-order valence-electron chi connectivity index (χ1n) is 6.97. The van der Waals surface area contributed by atoms with Crippen LogP contribution in [-0.2, 0) is 19.8 Å². The standard InChI is InChI=1S/C15H20NO4P/c1-4-18-21(17,19-5-2)11-14-10-15(16-20-14)13-8-6-12(3)7-9-13/h6-10H,4-5,11H2,1-3H3. The molecule has 6 heteroatoms. The van der Waals surface area contributed by atoms with Gasteiger partial charge >= 0.3 is 7.60 Å². The molecule has 1 heterocycles. The normalized spacial score (nSPS) is 11.8. The van der Waals surface area contributed by atoms with Crippen LogP contribution in [0.5, 0.6) is 0 Å². The molecule has 0 fully saturated rings. The molecule has 0 amide bonds. The van der Waals surface area contributed by atoms with Gasteiger partial charge in [-0.3, -0.25) is 4.57 Å². The lowest BCUT2D eigenvalue weighted by molar-refractivity contribution is 0.216. The Morgan fingerprint density at radius 2 is 1.76 bits per heavy atom. The van der Waals surface area contributed by atoms with E-state index in [0.29, 0.717) is 24.7 Å². The van der Waals surface area contributed by atoms with Gasteiger partial charge in [-0.05, 0) is 20.8 Å². The second-order valence-corrected chi connectivity index (χ2v) is 6.70. The minimum absolute atomic E-state index is 0.0908. The van der Waals surface area contributed by atoms with Crippen molar-refractivity contribution in [3.8, 4) is 11.3 Å². The van der Waals surface area contributed by atoms with Gasteiger partial charge in [0.25, 0.3) is 0 Å². The van der Waals surface area contributed by atoms with E-state index in [-0.39, 0.29) is 6.16 Å². The van der Waals surface area contributed by atoms with E-state index < -0.39 is 7.60 Å². The molecule has 0 unspecified atom stereocenters. The Balaban J connectivity index is 2.15. The van der Waals surface area contributed by atoms with Gasteiger partial charge in [-0.2, -0.15) is 0 Å². The zero-order valence-corrected chi connectivity index (χ0v) is 13.4. The predicted octanol–water partition coefficient (Wildman–Crippen LogP) is 4.42. The zero-order chi connectivity index (χ0) is 15.3. The van der Waals surface area contributed by atoms with Gasteiger partial charge in [0, 0.05) is 11.6 Å². The minimum atomic E-state index is -3.16. The highest BCUT2D eigenvalue weighted by Crippen LogP contribution is 2.51. The van der Waals surface area contributed by atoms with Crippen molar-refractivity contribution in [3.63, 3.8) is 0 Å². The van der Waals surface area contributed by atoms with Crippen LogP contribution in [0.4, 0.5) is 0 Å². The predicted molar refractivity (Wildman–Crippen MR) is 81.2 cm³/mol. The van der Waals surface area contributed by atoms with Crippen LogP contribution in [0.2, 0.25) is 0 Å². The van der Waals surface area contributed by atoms with E-state index in [4.69, 9.17) is 13.6 Å². The summed E-state index contributed by atoms with van der Waals surface area (Å²) in [6.07, 6.45) is 0.0908. The molecule has 0 aliphatic carbocycles. The summed E-state index contributed by atoms with van der Waals surface area (Å²) in [6.45, 7) is 6.25. The molecule has 0 spiro atoms. The fourth-order valence-electron chi connectivity index (χ4n) is 1.96. The van der Waals surface area contributed by atoms with Gasteiger partial charge in [0.05, 0.1) is 13.2 Å². The van der Waals surface area contributed by atoms with E-state index >= 15 is 0 Å². The first-order valence-corrected chi connectivity index (χ1v) is 8.70. The third kappa shape index (κ3) is 4.27. The molecular formula is C15H20NO4P. The molecule has 0 saturated carbocycles. The number of nitrogens with zero attached hydrogens (tertiary/aromatic N) is 1. The number of benzene rings is 1. The Labute approximate surface area is 124 Å². The van der Waals surface area contributed by atoms with Crippen molar-refractivity contribution in [1.29, 1.82) is 0 Å². The molecule has 0 atom stereocenters. The van der Waals surface area contributed by atoms with Crippen LogP contribution in [-0.4, -0.2) is 18.4 Å². The summed E-state index contributed by atoms with van der Waals surface area (Å²) >= 11 is 0. The van der Waals surface area contributed by atoms with Crippen LogP contribution in [0.3, 0.4) is 0 Å². The third-order valence-corrected chi connectivity index (χ3v) is 4.91. The molecule has 1 aromatic carbocycles. The molecule has 0 bridgehead atoms. The van der Waals surface area contributed by atoms with Crippen LogP contribution < -0.4 is 0 Å². The maximum atomic E-state index is 12.4. The van der Waals surface area contributed by atoms with Gasteiger partial charge in [0.15, 0.2) is 0 Å². The van der Waals surface area contributed by atoms with E-state index in [1.54, 1.807) is 19.9 Å². The lowest BCUT2D eigenvalue weighted by Gasteiger charge is -2.14. The first kappa shape index (κ1) is 16.0. The van der Waals surface area contributed by atoms with Crippen molar-refractivity contribution < 1.29 is 18.1 Å². The first-order chi connectivity index (χ1) is 10.1. The summed E-state index contributed by atoms with van der Waals surface area (Å²) in [5, 5.41) is 4.01. The van der Waals surface area contributed by atoms with Crippen molar-refractivity contribution >= 4 is 7.60 Å². The molecule has 114 valence electrons. The Morgan fingerprint density at radius 3 is 2.33 bits per heavy atom. The van der Waals surface area contributed by atoms with Crippen molar-refractivity contribution in [3.05, 3.63) is 41.7 Å². The summed E-state index contributed by atoms with van der Waals surface area (Å²) in [7, 11) is -3.16. The van der Waals surface area contributed by atoms with Gasteiger partial charge in [0.2, 0.25) is 0 Å². The van der Waals surface area contributed by atoms with Crippen molar-refractivity contribution in [2.24, 2.45) is 0 Å². The smallest absolute Gasteiger partial charge is 0.338 e. The fraction of sp³-hybridized carbons (Fsp3) is 0.400. The van der Waals surface area contributed by atoms with Crippen LogP contribution in [0.1, 0.15) is 25.2 Å². The van der Waals surface area contributed by atoms with Crippen molar-refractivity contribution in [2.45, 2.75) is 26.9 Å². The molecule has 5 nitrogen and oxygen atoms in total. The van der Waals surface area contributed by atoms with Gasteiger partial charge < -0.3 is 13.6 Å². The Hall–Kier alpha value is -1.42. The number of aryl methyl sites for hydroxylation is 1. The Kier molecular flexibility index (Phi) is 5.34. The summed E-state index contributed by atoms with van der Waals surface area (Å²) in [4.78, 5) is 0. The second-order valence-electron chi connectivity index (χ2n) is 4.65. The van der Waals surface area contributed by atoms with Crippen molar-refractivity contribution in [2.75, 3.05) is 13.2 Å². The number of hydrogen-bond acceptors (Lipinski definition) is 5. The van der Waals surface area contributed by atoms with E-state index in [1.807, 2.05) is 31.2 Å². The average Bonchev–Trinajstić information content (AvgIpc) is 2.88. The van der Waals surface area contributed by atoms with Crippen LogP contribution in [0.25, 0.3) is 11.3 Å². The maximum absolute atomic E-state index is 12.4. The quantitative estimate of drug-likeness (QED) is 0.709. The molecule has 2 rings (SSSR count). The highest BCUT2D eigenvalue weighted by atomic mass is 31.2. The van der Waals surface area contributed by atoms with E-state index in [1.165, 1.54) is 5.56 Å². The van der Waals surface area contributed by atoms with Gasteiger partial charge in [-0.1, -0.05) is 35.0 Å². The topological polar surface area (TPSA) is 61.6 Å². The van der Waals surface area contributed by atoms with Crippen LogP contribution >= 0.6 is 7.60 Å². The monoisotopic (exact) mass is 309 g/mol. The average molecular weight is 309 g/mol. The van der Waals surface area contributed by atoms with Crippen LogP contribution in [0, 0.1) is 6.92 Å². The zero-order valence-electron chi connectivity index (χ0n) is 12.5. The second kappa shape index (κ2) is 7.03. The van der Waals surface area contributed by atoms with E-state index in [2.05, 4.69) is 5.16 Å². The van der Waals surface area contributed by atoms with Gasteiger partial charge in [0.1, 0.15) is 17.6 Å². The SMILES string of the molecule is CCOP(=O)(Cc1cc(-c2ccc(C)cc2)no1)OCC. The molecule has 21 heavy (non-hydrogen) atoms. The molecular weight excluding hydrogens is 289 g/mol. The van der Waals surface area contributed by atoms with E-state index in [0.717, 1.165) is 5.56 Å². The molecule has 1 aromatic heterocycles. The third-order valence-electron chi connectivity index (χ3n) is 2.91. The molecule has 2 aromatic rings. The summed E-state index contributed by atoms with van der Waals surface area (Å²) in [6, 6.07) is 9.74. The highest BCUT2D eigenvalue weighted by molar-refractivity contribution is 7.53. The van der Waals surface area contributed by atoms with Gasteiger partial charge in [-0.25, -0.2) is 0 Å². The number of hydrogen-bond donors (Lipinski definition) is 0. The highest BCUT2D eigenvalue weighted by Gasteiger charge is 2.26. The largest absolute Gasteiger partial charge is 0.360 e. The lowest BCUT2D eigenvalue weighted by atomic mass is 10.1. The molecule has 0 aliphatic rings. The van der Waals surface area contributed by atoms with E-state index in [9.17, 15) is 4.57 Å². The molecule has 0 saturated heterocycles. The number of aromatic nitrogens is 1. The Bertz CT molecular complexity index is 611. The Morgan fingerprint density at radius 1 is 1.14 bits per heavy atom. The fourth-order valence-corrected chi connectivity index (χ4v) is 3.54. The van der Waals surface area contributed by atoms with Crippen molar-refractivity contribution in [1.82, 2.24) is 5.16 Å². The maximum Gasteiger partial charge on any atom is 0.338 e.